The summed E-state index contributed by atoms with van der Waals surface area (Å²) in [4.78, 5) is 14.0. The van der Waals surface area contributed by atoms with Gasteiger partial charge in [-0.3, -0.25) is 4.79 Å². The van der Waals surface area contributed by atoms with E-state index in [0.717, 1.165) is 6.54 Å². The maximum Gasteiger partial charge on any atom is 0.254 e. The van der Waals surface area contributed by atoms with Crippen molar-refractivity contribution in [1.29, 1.82) is 0 Å². The molecule has 2 rings (SSSR count). The topological polar surface area (TPSA) is 32.3 Å². The van der Waals surface area contributed by atoms with Crippen LogP contribution in [0.4, 0.5) is 4.39 Å². The first kappa shape index (κ1) is 13.3. The lowest BCUT2D eigenvalue weighted by molar-refractivity contribution is 0.0945. The fourth-order valence-electron chi connectivity index (χ4n) is 1.81. The minimum atomic E-state index is -0.549. The highest BCUT2D eigenvalue weighted by molar-refractivity contribution is 6.30. The fraction of sp³-hybridized carbons (Fsp3) is 0.462. The van der Waals surface area contributed by atoms with E-state index in [-0.39, 0.29) is 5.56 Å². The molecule has 0 radical (unpaired) electrons. The summed E-state index contributed by atoms with van der Waals surface area (Å²) < 4.78 is 13.4. The minimum Gasteiger partial charge on any atom is -0.351 e. The number of hydrogen-bond donors (Lipinski definition) is 1. The number of halogens is 2. The lowest BCUT2D eigenvalue weighted by Crippen LogP contribution is -2.34. The Labute approximate surface area is 111 Å². The van der Waals surface area contributed by atoms with Crippen LogP contribution in [0.15, 0.2) is 18.2 Å². The minimum absolute atomic E-state index is 0.00317. The molecule has 1 aromatic carbocycles. The van der Waals surface area contributed by atoms with Gasteiger partial charge in [0, 0.05) is 24.2 Å². The molecule has 98 valence electrons. The average Bonchev–Trinajstić information content (AvgIpc) is 3.16. The van der Waals surface area contributed by atoms with E-state index in [4.69, 9.17) is 11.6 Å². The quantitative estimate of drug-likeness (QED) is 0.890. The number of hydrogen-bond acceptors (Lipinski definition) is 2. The van der Waals surface area contributed by atoms with Gasteiger partial charge in [-0.1, -0.05) is 11.6 Å². The molecular weight excluding hydrogens is 255 g/mol. The van der Waals surface area contributed by atoms with Crippen molar-refractivity contribution >= 4 is 17.5 Å². The Kier molecular flexibility index (Phi) is 4.19. The van der Waals surface area contributed by atoms with E-state index < -0.39 is 11.7 Å². The third-order valence-electron chi connectivity index (χ3n) is 3.09. The second-order valence-corrected chi connectivity index (χ2v) is 5.03. The summed E-state index contributed by atoms with van der Waals surface area (Å²) in [6.45, 7) is 1.29. The Morgan fingerprint density at radius 3 is 2.94 bits per heavy atom. The van der Waals surface area contributed by atoms with E-state index in [1.165, 1.54) is 31.0 Å². The molecule has 1 amide bonds. The van der Waals surface area contributed by atoms with Crippen molar-refractivity contribution in [3.8, 4) is 0 Å². The van der Waals surface area contributed by atoms with Gasteiger partial charge in [0.25, 0.3) is 5.91 Å². The van der Waals surface area contributed by atoms with E-state index in [0.29, 0.717) is 17.6 Å². The first-order chi connectivity index (χ1) is 8.58. The van der Waals surface area contributed by atoms with Crippen LogP contribution < -0.4 is 5.32 Å². The van der Waals surface area contributed by atoms with Crippen molar-refractivity contribution in [2.45, 2.75) is 18.9 Å². The van der Waals surface area contributed by atoms with Gasteiger partial charge in [0.05, 0.1) is 5.56 Å². The molecule has 0 aliphatic heterocycles. The predicted octanol–water partition coefficient (Wildman–Crippen LogP) is 2.30. The maximum atomic E-state index is 13.4. The lowest BCUT2D eigenvalue weighted by atomic mass is 10.2. The number of nitrogens with zero attached hydrogens (tertiary/aromatic N) is 1. The first-order valence-electron chi connectivity index (χ1n) is 6.01. The second kappa shape index (κ2) is 5.67. The number of rotatable bonds is 5. The average molecular weight is 271 g/mol. The van der Waals surface area contributed by atoms with Gasteiger partial charge in [-0.15, -0.1) is 0 Å². The van der Waals surface area contributed by atoms with Gasteiger partial charge in [0.2, 0.25) is 0 Å². The Hall–Kier alpha value is -1.13. The Balaban J connectivity index is 1.85. The van der Waals surface area contributed by atoms with Crippen molar-refractivity contribution in [1.82, 2.24) is 10.2 Å². The van der Waals surface area contributed by atoms with Gasteiger partial charge in [-0.05, 0) is 38.1 Å². The molecule has 0 aromatic heterocycles. The normalized spacial score (nSPS) is 14.9. The Bertz CT molecular complexity index is 449. The van der Waals surface area contributed by atoms with Gasteiger partial charge >= 0.3 is 0 Å². The molecule has 0 atom stereocenters. The largest absolute Gasteiger partial charge is 0.351 e. The van der Waals surface area contributed by atoms with Crippen molar-refractivity contribution < 1.29 is 9.18 Å². The molecule has 1 aromatic rings. The summed E-state index contributed by atoms with van der Waals surface area (Å²) >= 11 is 5.74. The van der Waals surface area contributed by atoms with E-state index >= 15 is 0 Å². The molecule has 1 aliphatic carbocycles. The van der Waals surface area contributed by atoms with Gasteiger partial charge in [0.15, 0.2) is 0 Å². The van der Waals surface area contributed by atoms with E-state index in [1.54, 1.807) is 0 Å². The molecule has 0 unspecified atom stereocenters. The van der Waals surface area contributed by atoms with Crippen LogP contribution in [0.25, 0.3) is 0 Å². The number of likely N-dealkylation sites (N-methyl/N-ethyl adjacent to an activating group) is 1. The van der Waals surface area contributed by atoms with Gasteiger partial charge in [-0.25, -0.2) is 4.39 Å². The molecular formula is C13H16ClFN2O. The van der Waals surface area contributed by atoms with Gasteiger partial charge < -0.3 is 10.2 Å². The smallest absolute Gasteiger partial charge is 0.254 e. The zero-order valence-corrected chi connectivity index (χ0v) is 11.0. The predicted molar refractivity (Wildman–Crippen MR) is 69.4 cm³/mol. The molecule has 1 aliphatic rings. The summed E-state index contributed by atoms with van der Waals surface area (Å²) in [5, 5.41) is 3.06. The molecule has 1 saturated carbocycles. The number of benzene rings is 1. The highest BCUT2D eigenvalue weighted by Gasteiger charge is 2.25. The van der Waals surface area contributed by atoms with Gasteiger partial charge in [0.1, 0.15) is 5.82 Å². The molecule has 0 heterocycles. The zero-order chi connectivity index (χ0) is 13.1. The van der Waals surface area contributed by atoms with Crippen molar-refractivity contribution in [3.05, 3.63) is 34.6 Å². The van der Waals surface area contributed by atoms with Crippen LogP contribution >= 0.6 is 11.6 Å². The third kappa shape index (κ3) is 3.43. The van der Waals surface area contributed by atoms with Crippen LogP contribution in [0.1, 0.15) is 23.2 Å². The SMILES string of the molecule is CN(CCNC(=O)c1cc(Cl)ccc1F)C1CC1. The lowest BCUT2D eigenvalue weighted by Gasteiger charge is -2.15. The van der Waals surface area contributed by atoms with E-state index in [2.05, 4.69) is 10.2 Å². The summed E-state index contributed by atoms with van der Waals surface area (Å²) in [5.74, 6) is -0.966. The highest BCUT2D eigenvalue weighted by Crippen LogP contribution is 2.24. The summed E-state index contributed by atoms with van der Waals surface area (Å²) in [5.41, 5.74) is -0.00317. The third-order valence-corrected chi connectivity index (χ3v) is 3.33. The molecule has 0 saturated heterocycles. The molecule has 1 fully saturated rings. The zero-order valence-electron chi connectivity index (χ0n) is 10.2. The van der Waals surface area contributed by atoms with Crippen molar-refractivity contribution in [2.24, 2.45) is 0 Å². The second-order valence-electron chi connectivity index (χ2n) is 4.59. The Morgan fingerprint density at radius 1 is 1.56 bits per heavy atom. The van der Waals surface area contributed by atoms with Crippen LogP contribution in [-0.2, 0) is 0 Å². The van der Waals surface area contributed by atoms with Crippen LogP contribution in [-0.4, -0.2) is 37.0 Å². The summed E-state index contributed by atoms with van der Waals surface area (Å²) in [6.07, 6.45) is 2.46. The fourth-order valence-corrected chi connectivity index (χ4v) is 1.98. The molecule has 1 N–H and O–H groups in total. The number of nitrogens with one attached hydrogen (secondary N) is 1. The Morgan fingerprint density at radius 2 is 2.28 bits per heavy atom. The summed E-state index contributed by atoms with van der Waals surface area (Å²) in [6, 6.07) is 4.63. The van der Waals surface area contributed by atoms with Crippen molar-refractivity contribution in [2.75, 3.05) is 20.1 Å². The van der Waals surface area contributed by atoms with Crippen LogP contribution in [0.3, 0.4) is 0 Å². The number of amides is 1. The van der Waals surface area contributed by atoms with E-state index in [1.807, 2.05) is 7.05 Å². The van der Waals surface area contributed by atoms with Crippen LogP contribution in [0, 0.1) is 5.82 Å². The number of carbonyl (C=O) groups excluding carboxylic acids is 1. The van der Waals surface area contributed by atoms with Crippen LogP contribution in [0.5, 0.6) is 0 Å². The van der Waals surface area contributed by atoms with Gasteiger partial charge in [-0.2, -0.15) is 0 Å². The summed E-state index contributed by atoms with van der Waals surface area (Å²) in [7, 11) is 2.03. The van der Waals surface area contributed by atoms with Crippen LogP contribution in [0.2, 0.25) is 5.02 Å². The van der Waals surface area contributed by atoms with E-state index in [9.17, 15) is 9.18 Å². The molecule has 5 heteroatoms. The highest BCUT2D eigenvalue weighted by atomic mass is 35.5. The molecule has 18 heavy (non-hydrogen) atoms. The molecule has 0 spiro atoms. The molecule has 0 bridgehead atoms. The number of carbonyl (C=O) groups is 1. The molecule has 3 nitrogen and oxygen atoms in total. The maximum absolute atomic E-state index is 13.4. The monoisotopic (exact) mass is 270 g/mol. The standard InChI is InChI=1S/C13H16ClFN2O/c1-17(10-3-4-10)7-6-16-13(18)11-8-9(14)2-5-12(11)15/h2,5,8,10H,3-4,6-7H2,1H3,(H,16,18). The van der Waals surface area contributed by atoms with Crippen molar-refractivity contribution in [3.63, 3.8) is 0 Å². The first-order valence-corrected chi connectivity index (χ1v) is 6.39.